The van der Waals surface area contributed by atoms with Gasteiger partial charge in [-0.3, -0.25) is 9.69 Å². The Labute approximate surface area is 149 Å². The SMILES string of the molecule is COCC(=O)N1CCN(CC=Cc2ccccc2)[C@H]2CS(=O)(=O)C[C@H]21. The molecule has 0 bridgehead atoms. The maximum atomic E-state index is 12.2. The summed E-state index contributed by atoms with van der Waals surface area (Å²) in [5, 5.41) is 0. The molecule has 2 saturated heterocycles. The molecule has 1 amide bonds. The van der Waals surface area contributed by atoms with Gasteiger partial charge in [-0.1, -0.05) is 42.5 Å². The van der Waals surface area contributed by atoms with Crippen LogP contribution in [0, 0.1) is 0 Å². The largest absolute Gasteiger partial charge is 0.375 e. The zero-order valence-corrected chi connectivity index (χ0v) is 15.2. The lowest BCUT2D eigenvalue weighted by Crippen LogP contribution is -2.61. The number of carbonyl (C=O) groups excluding carboxylic acids is 1. The van der Waals surface area contributed by atoms with Crippen molar-refractivity contribution in [3.8, 4) is 0 Å². The number of ether oxygens (including phenoxy) is 1. The highest BCUT2D eigenvalue weighted by Crippen LogP contribution is 2.27. The minimum Gasteiger partial charge on any atom is -0.375 e. The van der Waals surface area contributed by atoms with E-state index in [1.165, 1.54) is 7.11 Å². The molecule has 2 atom stereocenters. The zero-order valence-electron chi connectivity index (χ0n) is 14.4. The average molecular weight is 364 g/mol. The molecule has 7 heteroatoms. The maximum absolute atomic E-state index is 12.2. The highest BCUT2D eigenvalue weighted by molar-refractivity contribution is 7.91. The van der Waals surface area contributed by atoms with Crippen molar-refractivity contribution in [1.29, 1.82) is 0 Å². The van der Waals surface area contributed by atoms with Crippen molar-refractivity contribution in [2.24, 2.45) is 0 Å². The van der Waals surface area contributed by atoms with Gasteiger partial charge in [-0.2, -0.15) is 0 Å². The first-order valence-electron chi connectivity index (χ1n) is 8.44. The van der Waals surface area contributed by atoms with Gasteiger partial charge < -0.3 is 9.64 Å². The molecule has 25 heavy (non-hydrogen) atoms. The highest BCUT2D eigenvalue weighted by atomic mass is 32.2. The van der Waals surface area contributed by atoms with Crippen LogP contribution in [0.25, 0.3) is 6.08 Å². The summed E-state index contributed by atoms with van der Waals surface area (Å²) in [5.74, 6) is 0.0358. The van der Waals surface area contributed by atoms with E-state index in [2.05, 4.69) is 11.0 Å². The van der Waals surface area contributed by atoms with Gasteiger partial charge in [0.15, 0.2) is 9.84 Å². The van der Waals surface area contributed by atoms with Gasteiger partial charge in [0.1, 0.15) is 6.61 Å². The fraction of sp³-hybridized carbons (Fsp3) is 0.500. The molecule has 6 nitrogen and oxygen atoms in total. The molecule has 1 aromatic carbocycles. The van der Waals surface area contributed by atoms with Crippen LogP contribution in [0.1, 0.15) is 5.56 Å². The Hall–Kier alpha value is -1.70. The van der Waals surface area contributed by atoms with Crippen LogP contribution in [0.4, 0.5) is 0 Å². The van der Waals surface area contributed by atoms with Crippen LogP contribution in [-0.4, -0.2) is 81.1 Å². The highest BCUT2D eigenvalue weighted by Gasteiger charge is 2.47. The number of fused-ring (bicyclic) bond motifs is 1. The molecule has 3 rings (SSSR count). The van der Waals surface area contributed by atoms with E-state index in [0.717, 1.165) is 5.56 Å². The van der Waals surface area contributed by atoms with Gasteiger partial charge in [-0.05, 0) is 5.56 Å². The van der Waals surface area contributed by atoms with Crippen molar-refractivity contribution in [3.63, 3.8) is 0 Å². The summed E-state index contributed by atoms with van der Waals surface area (Å²) in [5.41, 5.74) is 1.12. The number of piperazine rings is 1. The topological polar surface area (TPSA) is 66.9 Å². The molecule has 0 spiro atoms. The second-order valence-corrected chi connectivity index (χ2v) is 8.69. The smallest absolute Gasteiger partial charge is 0.248 e. The van der Waals surface area contributed by atoms with E-state index in [1.807, 2.05) is 36.4 Å². The van der Waals surface area contributed by atoms with Gasteiger partial charge in [0.25, 0.3) is 0 Å². The van der Waals surface area contributed by atoms with Crippen molar-refractivity contribution in [2.45, 2.75) is 12.1 Å². The minimum absolute atomic E-state index is 0.00280. The van der Waals surface area contributed by atoms with Crippen molar-refractivity contribution in [3.05, 3.63) is 42.0 Å². The first kappa shape index (κ1) is 18.1. The number of hydrogen-bond donors (Lipinski definition) is 0. The molecule has 1 aromatic rings. The molecule has 2 fully saturated rings. The Morgan fingerprint density at radius 2 is 1.92 bits per heavy atom. The van der Waals surface area contributed by atoms with Crippen LogP contribution in [0.15, 0.2) is 36.4 Å². The third-order valence-corrected chi connectivity index (χ3v) is 6.53. The van der Waals surface area contributed by atoms with E-state index in [4.69, 9.17) is 4.74 Å². The van der Waals surface area contributed by atoms with E-state index < -0.39 is 9.84 Å². The Bertz CT molecular complexity index is 733. The van der Waals surface area contributed by atoms with Crippen LogP contribution in [0.2, 0.25) is 0 Å². The minimum atomic E-state index is -3.12. The number of sulfone groups is 1. The van der Waals surface area contributed by atoms with Gasteiger partial charge in [-0.25, -0.2) is 8.42 Å². The molecule has 2 aliphatic rings. The van der Waals surface area contributed by atoms with Crippen molar-refractivity contribution in [1.82, 2.24) is 9.80 Å². The number of nitrogens with zero attached hydrogens (tertiary/aromatic N) is 2. The van der Waals surface area contributed by atoms with Gasteiger partial charge in [0, 0.05) is 32.8 Å². The van der Waals surface area contributed by atoms with Crippen LogP contribution in [0.5, 0.6) is 0 Å². The molecule has 0 N–H and O–H groups in total. The molecular formula is C18H24N2O4S. The second kappa shape index (κ2) is 7.68. The molecular weight excluding hydrogens is 340 g/mol. The third-order valence-electron chi connectivity index (χ3n) is 4.83. The lowest BCUT2D eigenvalue weighted by Gasteiger charge is -2.43. The summed E-state index contributed by atoms with van der Waals surface area (Å²) < 4.78 is 29.2. The number of methoxy groups -OCH3 is 1. The fourth-order valence-electron chi connectivity index (χ4n) is 3.66. The fourth-order valence-corrected chi connectivity index (χ4v) is 5.67. The van der Waals surface area contributed by atoms with Crippen molar-refractivity contribution in [2.75, 3.05) is 44.9 Å². The van der Waals surface area contributed by atoms with E-state index >= 15 is 0 Å². The number of benzene rings is 1. The first-order valence-corrected chi connectivity index (χ1v) is 10.3. The van der Waals surface area contributed by atoms with Crippen molar-refractivity contribution >= 4 is 21.8 Å². The van der Waals surface area contributed by atoms with Crippen LogP contribution in [0.3, 0.4) is 0 Å². The van der Waals surface area contributed by atoms with Gasteiger partial charge in [0.2, 0.25) is 5.91 Å². The number of carbonyl (C=O) groups is 1. The van der Waals surface area contributed by atoms with Crippen LogP contribution in [-0.2, 0) is 19.4 Å². The summed E-state index contributed by atoms with van der Waals surface area (Å²) in [7, 11) is -1.64. The Morgan fingerprint density at radius 3 is 2.64 bits per heavy atom. The second-order valence-electron chi connectivity index (χ2n) is 6.54. The Kier molecular flexibility index (Phi) is 5.56. The standard InChI is InChI=1S/C18H24N2O4S/c1-24-12-18(21)20-11-10-19(16-13-25(22,23)14-17(16)20)9-5-8-15-6-3-2-4-7-15/h2-8,16-17H,9-14H2,1H3/t16-,17+/m0/s1. The van der Waals surface area contributed by atoms with Crippen molar-refractivity contribution < 1.29 is 17.9 Å². The molecule has 0 saturated carbocycles. The average Bonchev–Trinajstić information content (AvgIpc) is 2.91. The predicted molar refractivity (Wildman–Crippen MR) is 96.9 cm³/mol. The summed E-state index contributed by atoms with van der Waals surface area (Å²) >= 11 is 0. The van der Waals surface area contributed by atoms with E-state index in [1.54, 1.807) is 4.90 Å². The lowest BCUT2D eigenvalue weighted by atomic mass is 10.0. The predicted octanol–water partition coefficient (Wildman–Crippen LogP) is 0.656. The molecule has 136 valence electrons. The third kappa shape index (κ3) is 4.29. The summed E-state index contributed by atoms with van der Waals surface area (Å²) in [6.45, 7) is 1.89. The molecule has 0 aromatic heterocycles. The van der Waals surface area contributed by atoms with Gasteiger partial charge in [0.05, 0.1) is 17.5 Å². The molecule has 0 unspecified atom stereocenters. The van der Waals surface area contributed by atoms with Crippen LogP contribution < -0.4 is 0 Å². The summed E-state index contributed by atoms with van der Waals surface area (Å²) in [4.78, 5) is 16.1. The monoisotopic (exact) mass is 364 g/mol. The molecule has 2 aliphatic heterocycles. The zero-order chi connectivity index (χ0) is 17.9. The quantitative estimate of drug-likeness (QED) is 0.768. The Morgan fingerprint density at radius 1 is 1.20 bits per heavy atom. The number of amides is 1. The van der Waals surface area contributed by atoms with Gasteiger partial charge >= 0.3 is 0 Å². The first-order chi connectivity index (χ1) is 12.0. The Balaban J connectivity index is 1.70. The molecule has 0 aliphatic carbocycles. The van der Waals surface area contributed by atoms with Gasteiger partial charge in [-0.15, -0.1) is 0 Å². The molecule has 2 heterocycles. The van der Waals surface area contributed by atoms with E-state index in [0.29, 0.717) is 19.6 Å². The van der Waals surface area contributed by atoms with E-state index in [9.17, 15) is 13.2 Å². The maximum Gasteiger partial charge on any atom is 0.248 e. The normalized spacial score (nSPS) is 26.0. The molecule has 0 radical (unpaired) electrons. The van der Waals surface area contributed by atoms with Crippen LogP contribution >= 0.6 is 0 Å². The summed E-state index contributed by atoms with van der Waals surface area (Å²) in [6, 6.07) is 9.59. The van der Waals surface area contributed by atoms with E-state index in [-0.39, 0.29) is 36.1 Å². The lowest BCUT2D eigenvalue weighted by molar-refractivity contribution is -0.140. The number of hydrogen-bond acceptors (Lipinski definition) is 5. The number of rotatable bonds is 5. The summed E-state index contributed by atoms with van der Waals surface area (Å²) in [6.07, 6.45) is 4.10.